The van der Waals surface area contributed by atoms with Gasteiger partial charge in [-0.05, 0) is 61.2 Å². The van der Waals surface area contributed by atoms with E-state index in [1.54, 1.807) is 4.57 Å². The Hall–Kier alpha value is -4.38. The summed E-state index contributed by atoms with van der Waals surface area (Å²) < 4.78 is 17.8. The molecule has 0 unspecified atom stereocenters. The highest BCUT2D eigenvalue weighted by atomic mass is 16.5. The molecule has 11 nitrogen and oxygen atoms in total. The predicted molar refractivity (Wildman–Crippen MR) is 166 cm³/mol. The van der Waals surface area contributed by atoms with Crippen molar-refractivity contribution in [2.45, 2.75) is 59.0 Å². The van der Waals surface area contributed by atoms with Gasteiger partial charge in [0.2, 0.25) is 0 Å². The van der Waals surface area contributed by atoms with Crippen molar-refractivity contribution in [3.8, 4) is 11.8 Å². The average Bonchev–Trinajstić information content (AvgIpc) is 3.32. The molecule has 11 heteroatoms. The van der Waals surface area contributed by atoms with Crippen molar-refractivity contribution >= 4 is 23.0 Å². The number of esters is 1. The Balaban J connectivity index is 1.27. The molecule has 230 valence electrons. The third kappa shape index (κ3) is 9.05. The minimum Gasteiger partial charge on any atom is -0.494 e. The fourth-order valence-electron chi connectivity index (χ4n) is 4.70. The van der Waals surface area contributed by atoms with Gasteiger partial charge in [-0.15, -0.1) is 0 Å². The molecule has 43 heavy (non-hydrogen) atoms. The van der Waals surface area contributed by atoms with Crippen LogP contribution in [0.25, 0.3) is 11.2 Å². The van der Waals surface area contributed by atoms with Crippen LogP contribution in [0, 0.1) is 0 Å². The molecule has 0 bridgehead atoms. The van der Waals surface area contributed by atoms with E-state index in [1.165, 1.54) is 12.7 Å². The van der Waals surface area contributed by atoms with E-state index in [1.807, 2.05) is 36.4 Å². The number of nitrogens with one attached hydrogen (secondary N) is 1. The zero-order valence-electron chi connectivity index (χ0n) is 25.3. The van der Waals surface area contributed by atoms with Gasteiger partial charge in [-0.3, -0.25) is 14.3 Å². The van der Waals surface area contributed by atoms with Gasteiger partial charge in [0.05, 0.1) is 33.3 Å². The summed E-state index contributed by atoms with van der Waals surface area (Å²) in [4.78, 5) is 38.0. The van der Waals surface area contributed by atoms with E-state index < -0.39 is 0 Å². The van der Waals surface area contributed by atoms with Crippen LogP contribution in [0.2, 0.25) is 0 Å². The molecule has 0 spiro atoms. The van der Waals surface area contributed by atoms with E-state index in [0.29, 0.717) is 30.9 Å². The Kier molecular flexibility index (Phi) is 11.5. The quantitative estimate of drug-likeness (QED) is 0.136. The van der Waals surface area contributed by atoms with Crippen LogP contribution in [0.15, 0.2) is 53.3 Å². The Morgan fingerprint density at radius 1 is 0.977 bits per heavy atom. The van der Waals surface area contributed by atoms with Gasteiger partial charge in [0.25, 0.3) is 0 Å². The third-order valence-corrected chi connectivity index (χ3v) is 7.19. The van der Waals surface area contributed by atoms with E-state index in [2.05, 4.69) is 45.8 Å². The normalized spacial score (nSPS) is 11.3. The number of aromatic amines is 1. The Morgan fingerprint density at radius 3 is 2.49 bits per heavy atom. The Bertz CT molecular complexity index is 1530. The van der Waals surface area contributed by atoms with E-state index in [0.717, 1.165) is 62.2 Å². The number of aromatic nitrogens is 4. The number of methoxy groups -OCH3 is 1. The van der Waals surface area contributed by atoms with Gasteiger partial charge in [0.1, 0.15) is 11.3 Å². The highest BCUT2D eigenvalue weighted by Gasteiger charge is 2.15. The van der Waals surface area contributed by atoms with Crippen LogP contribution in [0.1, 0.15) is 56.2 Å². The van der Waals surface area contributed by atoms with Crippen molar-refractivity contribution in [1.82, 2.24) is 24.4 Å². The second-order valence-corrected chi connectivity index (χ2v) is 10.4. The Labute approximate surface area is 252 Å². The molecule has 0 fully saturated rings. The first-order valence-corrected chi connectivity index (χ1v) is 14.9. The second-order valence-electron chi connectivity index (χ2n) is 10.4. The first-order chi connectivity index (χ1) is 20.9. The number of benzene rings is 2. The van der Waals surface area contributed by atoms with Gasteiger partial charge >= 0.3 is 17.7 Å². The highest BCUT2D eigenvalue weighted by Crippen LogP contribution is 2.19. The molecule has 2 heterocycles. The van der Waals surface area contributed by atoms with Gasteiger partial charge in [0.15, 0.2) is 11.5 Å². The van der Waals surface area contributed by atoms with Crippen molar-refractivity contribution in [2.24, 2.45) is 0 Å². The molecule has 4 rings (SSSR count). The zero-order valence-corrected chi connectivity index (χ0v) is 25.3. The summed E-state index contributed by atoms with van der Waals surface area (Å²) in [7, 11) is 1.39. The lowest BCUT2D eigenvalue weighted by Gasteiger charge is -2.20. The number of carbonyl (C=O) groups excluding carboxylic acids is 1. The maximum atomic E-state index is 12.7. The van der Waals surface area contributed by atoms with E-state index in [4.69, 9.17) is 19.9 Å². The summed E-state index contributed by atoms with van der Waals surface area (Å²) in [5, 5.41) is 0. The lowest BCUT2D eigenvalue weighted by atomic mass is 10.1. The molecule has 0 aliphatic heterocycles. The molecule has 0 saturated carbocycles. The number of H-pyrrole nitrogens is 1. The van der Waals surface area contributed by atoms with Crippen LogP contribution in [0.3, 0.4) is 0 Å². The van der Waals surface area contributed by atoms with Crippen LogP contribution >= 0.6 is 0 Å². The standard InChI is InChI=1S/C32H42N6O5/c1-4-6-17-43-31-35-29(33)28-30(36-31)38(32(40)34-28)22-24-14-12-23(13-15-24)21-37(5-2)16-7-8-18-42-26-11-9-10-25(19-26)20-27(39)41-3/h9-15,19H,4-8,16-18,20-22H2,1-3H3,(H,34,40)(H2,33,35,36). The molecule has 2 aromatic heterocycles. The first-order valence-electron chi connectivity index (χ1n) is 14.9. The van der Waals surface area contributed by atoms with Crippen LogP contribution in [-0.2, 0) is 29.0 Å². The minimum atomic E-state index is -0.291. The number of hydrogen-bond donors (Lipinski definition) is 2. The van der Waals surface area contributed by atoms with Crippen LogP contribution < -0.4 is 20.9 Å². The molecule has 0 aliphatic carbocycles. The minimum absolute atomic E-state index is 0.178. The van der Waals surface area contributed by atoms with E-state index in [9.17, 15) is 9.59 Å². The number of unbranched alkanes of at least 4 members (excludes halogenated alkanes) is 2. The fourth-order valence-corrected chi connectivity index (χ4v) is 4.70. The molecule has 0 saturated heterocycles. The van der Waals surface area contributed by atoms with Gasteiger partial charge < -0.3 is 24.9 Å². The largest absolute Gasteiger partial charge is 0.494 e. The topological polar surface area (TPSA) is 138 Å². The number of nitrogens with zero attached hydrogens (tertiary/aromatic N) is 4. The molecular weight excluding hydrogens is 548 g/mol. The van der Waals surface area contributed by atoms with Crippen molar-refractivity contribution < 1.29 is 19.0 Å². The zero-order chi connectivity index (χ0) is 30.6. The van der Waals surface area contributed by atoms with Crippen LogP contribution in [0.5, 0.6) is 11.8 Å². The van der Waals surface area contributed by atoms with Crippen molar-refractivity contribution in [1.29, 1.82) is 0 Å². The molecule has 0 aliphatic rings. The molecule has 3 N–H and O–H groups in total. The third-order valence-electron chi connectivity index (χ3n) is 7.19. The smallest absolute Gasteiger partial charge is 0.328 e. The number of rotatable bonds is 17. The molecule has 0 amide bonds. The predicted octanol–water partition coefficient (Wildman–Crippen LogP) is 4.33. The summed E-state index contributed by atoms with van der Waals surface area (Å²) in [6.45, 7) is 8.43. The molecular formula is C32H42N6O5. The Morgan fingerprint density at radius 2 is 1.74 bits per heavy atom. The SMILES string of the molecule is CCCCOc1nc(N)c2[nH]c(=O)n(Cc3ccc(CN(CC)CCCCOc4cccc(CC(=O)OC)c4)cc3)c2n1. The number of imidazole rings is 1. The average molecular weight is 591 g/mol. The lowest BCUT2D eigenvalue weighted by Crippen LogP contribution is -2.24. The first kappa shape index (κ1) is 31.6. The second kappa shape index (κ2) is 15.7. The summed E-state index contributed by atoms with van der Waals surface area (Å²) in [5.74, 6) is 0.693. The van der Waals surface area contributed by atoms with Crippen molar-refractivity contribution in [3.05, 3.63) is 75.7 Å². The van der Waals surface area contributed by atoms with E-state index >= 15 is 0 Å². The van der Waals surface area contributed by atoms with Crippen molar-refractivity contribution in [3.63, 3.8) is 0 Å². The number of fused-ring (bicyclic) bond motifs is 1. The summed E-state index contributed by atoms with van der Waals surface area (Å²) >= 11 is 0. The van der Waals surface area contributed by atoms with Gasteiger partial charge in [-0.1, -0.05) is 56.7 Å². The van der Waals surface area contributed by atoms with Crippen molar-refractivity contribution in [2.75, 3.05) is 39.1 Å². The summed E-state index contributed by atoms with van der Waals surface area (Å²) in [6.07, 6.45) is 4.04. The van der Waals surface area contributed by atoms with Gasteiger partial charge in [-0.2, -0.15) is 9.97 Å². The maximum Gasteiger partial charge on any atom is 0.328 e. The van der Waals surface area contributed by atoms with Crippen LogP contribution in [0.4, 0.5) is 5.82 Å². The number of ether oxygens (including phenoxy) is 3. The molecule has 0 radical (unpaired) electrons. The molecule has 0 atom stereocenters. The summed E-state index contributed by atoms with van der Waals surface area (Å²) in [5.41, 5.74) is 9.70. The number of carbonyl (C=O) groups is 1. The number of nitrogen functional groups attached to an aromatic ring is 1. The number of anilines is 1. The monoisotopic (exact) mass is 590 g/mol. The maximum absolute atomic E-state index is 12.7. The number of hydrogen-bond acceptors (Lipinski definition) is 9. The van der Waals surface area contributed by atoms with Gasteiger partial charge in [0, 0.05) is 6.54 Å². The number of nitrogens with two attached hydrogens (primary N) is 1. The van der Waals surface area contributed by atoms with Crippen LogP contribution in [-0.4, -0.2) is 63.8 Å². The van der Waals surface area contributed by atoms with E-state index in [-0.39, 0.29) is 29.9 Å². The molecule has 4 aromatic rings. The highest BCUT2D eigenvalue weighted by molar-refractivity contribution is 5.82. The van der Waals surface area contributed by atoms with Gasteiger partial charge in [-0.25, -0.2) is 4.79 Å². The lowest BCUT2D eigenvalue weighted by molar-refractivity contribution is -0.139. The fraction of sp³-hybridized carbons (Fsp3) is 0.438. The molecule has 2 aromatic carbocycles. The summed E-state index contributed by atoms with van der Waals surface area (Å²) in [6, 6.07) is 16.0.